The lowest BCUT2D eigenvalue weighted by atomic mass is 9.75. The molecule has 2 amide bonds. The molecule has 2 aliphatic heterocycles. The summed E-state index contributed by atoms with van der Waals surface area (Å²) >= 11 is 0. The van der Waals surface area contributed by atoms with Crippen LogP contribution in [0.3, 0.4) is 0 Å². The highest BCUT2D eigenvalue weighted by molar-refractivity contribution is 5.97. The van der Waals surface area contributed by atoms with Gasteiger partial charge in [-0.1, -0.05) is 26.2 Å². The molecule has 0 spiro atoms. The van der Waals surface area contributed by atoms with E-state index in [4.69, 9.17) is 0 Å². The van der Waals surface area contributed by atoms with E-state index in [0.717, 1.165) is 44.9 Å². The van der Waals surface area contributed by atoms with E-state index in [9.17, 15) is 9.59 Å². The molecule has 3 aliphatic rings. The van der Waals surface area contributed by atoms with Crippen molar-refractivity contribution in [1.29, 1.82) is 0 Å². The zero-order valence-electron chi connectivity index (χ0n) is 13.9. The Bertz CT molecular complexity index is 423. The maximum Gasteiger partial charge on any atom is 0.232 e. The van der Waals surface area contributed by atoms with Gasteiger partial charge in [0, 0.05) is 26.2 Å². The highest BCUT2D eigenvalue weighted by Gasteiger charge is 2.34. The van der Waals surface area contributed by atoms with Crippen molar-refractivity contribution in [2.45, 2.75) is 58.3 Å². The number of nitrogens with zero attached hydrogens (tertiary/aromatic N) is 2. The standard InChI is InChI=1S/C18H30N2O2/c1-14-5-4-9-19(12-14)17(21)11-18(22)20-10-8-15-6-2-3-7-16(15)13-20/h14-16H,2-13H2,1H3. The first kappa shape index (κ1) is 15.8. The Morgan fingerprint density at radius 2 is 1.50 bits per heavy atom. The van der Waals surface area contributed by atoms with Crippen LogP contribution in [0.15, 0.2) is 0 Å². The van der Waals surface area contributed by atoms with Crippen LogP contribution in [-0.2, 0) is 9.59 Å². The minimum atomic E-state index is 0.0438. The third-order valence-electron chi connectivity index (χ3n) is 5.96. The fourth-order valence-electron chi connectivity index (χ4n) is 4.60. The van der Waals surface area contributed by atoms with Gasteiger partial charge in [-0.3, -0.25) is 9.59 Å². The SMILES string of the molecule is CC1CCCN(C(=O)CC(=O)N2CCC3CCCCC3C2)C1. The molecule has 3 rings (SSSR count). The molecule has 3 unspecified atom stereocenters. The van der Waals surface area contributed by atoms with Gasteiger partial charge in [-0.15, -0.1) is 0 Å². The van der Waals surface area contributed by atoms with Crippen molar-refractivity contribution in [3.63, 3.8) is 0 Å². The van der Waals surface area contributed by atoms with Gasteiger partial charge in [0.1, 0.15) is 6.42 Å². The van der Waals surface area contributed by atoms with Gasteiger partial charge in [0.2, 0.25) is 11.8 Å². The zero-order chi connectivity index (χ0) is 15.5. The van der Waals surface area contributed by atoms with E-state index in [1.807, 2.05) is 9.80 Å². The van der Waals surface area contributed by atoms with Crippen LogP contribution in [0.2, 0.25) is 0 Å². The van der Waals surface area contributed by atoms with Crippen LogP contribution in [0.4, 0.5) is 0 Å². The van der Waals surface area contributed by atoms with E-state index >= 15 is 0 Å². The molecule has 2 heterocycles. The molecule has 3 atom stereocenters. The smallest absolute Gasteiger partial charge is 0.232 e. The second-order valence-electron chi connectivity index (χ2n) is 7.70. The minimum Gasteiger partial charge on any atom is -0.342 e. The largest absolute Gasteiger partial charge is 0.342 e. The average molecular weight is 306 g/mol. The van der Waals surface area contributed by atoms with Gasteiger partial charge in [-0.25, -0.2) is 0 Å². The lowest BCUT2D eigenvalue weighted by molar-refractivity contribution is -0.143. The zero-order valence-corrected chi connectivity index (χ0v) is 13.9. The number of piperidine rings is 2. The number of likely N-dealkylation sites (tertiary alicyclic amines) is 2. The van der Waals surface area contributed by atoms with Crippen molar-refractivity contribution in [1.82, 2.24) is 9.80 Å². The summed E-state index contributed by atoms with van der Waals surface area (Å²) in [6.07, 6.45) is 8.80. The molecular formula is C18H30N2O2. The maximum atomic E-state index is 12.5. The summed E-state index contributed by atoms with van der Waals surface area (Å²) in [6, 6.07) is 0. The van der Waals surface area contributed by atoms with E-state index in [0.29, 0.717) is 11.8 Å². The van der Waals surface area contributed by atoms with E-state index < -0.39 is 0 Å². The van der Waals surface area contributed by atoms with Crippen molar-refractivity contribution in [3.05, 3.63) is 0 Å². The Morgan fingerprint density at radius 3 is 2.23 bits per heavy atom. The molecule has 0 aromatic rings. The highest BCUT2D eigenvalue weighted by atomic mass is 16.2. The van der Waals surface area contributed by atoms with Crippen molar-refractivity contribution >= 4 is 11.8 Å². The van der Waals surface area contributed by atoms with Crippen LogP contribution in [0, 0.1) is 17.8 Å². The van der Waals surface area contributed by atoms with Crippen molar-refractivity contribution in [3.8, 4) is 0 Å². The molecule has 4 heteroatoms. The van der Waals surface area contributed by atoms with Crippen LogP contribution < -0.4 is 0 Å². The quantitative estimate of drug-likeness (QED) is 0.736. The first-order valence-electron chi connectivity index (χ1n) is 9.19. The number of hydrogen-bond acceptors (Lipinski definition) is 2. The number of carbonyl (C=O) groups excluding carboxylic acids is 2. The third kappa shape index (κ3) is 3.64. The van der Waals surface area contributed by atoms with E-state index in [2.05, 4.69) is 6.92 Å². The normalized spacial score (nSPS) is 32.5. The number of amides is 2. The average Bonchev–Trinajstić information content (AvgIpc) is 2.54. The summed E-state index contributed by atoms with van der Waals surface area (Å²) in [4.78, 5) is 28.7. The number of carbonyl (C=O) groups is 2. The Kier molecular flexibility index (Phi) is 5.04. The topological polar surface area (TPSA) is 40.6 Å². The van der Waals surface area contributed by atoms with Gasteiger partial charge in [-0.05, 0) is 43.4 Å². The Hall–Kier alpha value is -1.06. The van der Waals surface area contributed by atoms with Gasteiger partial charge in [0.15, 0.2) is 0 Å². The van der Waals surface area contributed by atoms with Crippen LogP contribution in [-0.4, -0.2) is 47.8 Å². The van der Waals surface area contributed by atoms with Crippen LogP contribution in [0.5, 0.6) is 0 Å². The van der Waals surface area contributed by atoms with Crippen molar-refractivity contribution in [2.24, 2.45) is 17.8 Å². The molecule has 1 aliphatic carbocycles. The molecule has 0 N–H and O–H groups in total. The fourth-order valence-corrected chi connectivity index (χ4v) is 4.60. The van der Waals surface area contributed by atoms with Gasteiger partial charge in [0.05, 0.1) is 0 Å². The summed E-state index contributed by atoms with van der Waals surface area (Å²) in [6.45, 7) is 5.62. The summed E-state index contributed by atoms with van der Waals surface area (Å²) < 4.78 is 0. The fraction of sp³-hybridized carbons (Fsp3) is 0.889. The Labute approximate surface area is 134 Å². The molecule has 1 saturated carbocycles. The molecule has 22 heavy (non-hydrogen) atoms. The molecular weight excluding hydrogens is 276 g/mol. The predicted molar refractivity (Wildman–Crippen MR) is 86.2 cm³/mol. The maximum absolute atomic E-state index is 12.5. The number of hydrogen-bond donors (Lipinski definition) is 0. The van der Waals surface area contributed by atoms with E-state index in [1.54, 1.807) is 0 Å². The molecule has 3 fully saturated rings. The second kappa shape index (κ2) is 7.01. The molecule has 0 bridgehead atoms. The molecule has 4 nitrogen and oxygen atoms in total. The van der Waals surface area contributed by atoms with Gasteiger partial charge in [0.25, 0.3) is 0 Å². The lowest BCUT2D eigenvalue weighted by Gasteiger charge is -2.41. The number of rotatable bonds is 2. The lowest BCUT2D eigenvalue weighted by Crippen LogP contribution is -2.47. The Morgan fingerprint density at radius 1 is 0.818 bits per heavy atom. The van der Waals surface area contributed by atoms with Crippen molar-refractivity contribution < 1.29 is 9.59 Å². The monoisotopic (exact) mass is 306 g/mol. The molecule has 0 aromatic heterocycles. The molecule has 0 radical (unpaired) electrons. The van der Waals surface area contributed by atoms with Crippen LogP contribution in [0.25, 0.3) is 0 Å². The van der Waals surface area contributed by atoms with Crippen LogP contribution in [0.1, 0.15) is 58.3 Å². The van der Waals surface area contributed by atoms with Crippen molar-refractivity contribution in [2.75, 3.05) is 26.2 Å². The third-order valence-corrected chi connectivity index (χ3v) is 5.96. The van der Waals surface area contributed by atoms with E-state index in [1.165, 1.54) is 32.1 Å². The first-order valence-corrected chi connectivity index (χ1v) is 9.19. The Balaban J connectivity index is 1.50. The molecule has 0 aromatic carbocycles. The second-order valence-corrected chi connectivity index (χ2v) is 7.70. The van der Waals surface area contributed by atoms with E-state index in [-0.39, 0.29) is 18.2 Å². The van der Waals surface area contributed by atoms with Gasteiger partial charge >= 0.3 is 0 Å². The van der Waals surface area contributed by atoms with Gasteiger partial charge in [-0.2, -0.15) is 0 Å². The summed E-state index contributed by atoms with van der Waals surface area (Å²) in [5.74, 6) is 2.20. The van der Waals surface area contributed by atoms with Crippen LogP contribution >= 0.6 is 0 Å². The summed E-state index contributed by atoms with van der Waals surface area (Å²) in [5.41, 5.74) is 0. The number of fused-ring (bicyclic) bond motifs is 1. The molecule has 124 valence electrons. The van der Waals surface area contributed by atoms with Gasteiger partial charge < -0.3 is 9.80 Å². The summed E-state index contributed by atoms with van der Waals surface area (Å²) in [7, 11) is 0. The summed E-state index contributed by atoms with van der Waals surface area (Å²) in [5, 5.41) is 0. The predicted octanol–water partition coefficient (Wildman–Crippen LogP) is 2.67. The highest BCUT2D eigenvalue weighted by Crippen LogP contribution is 2.36. The molecule has 2 saturated heterocycles. The first-order chi connectivity index (χ1) is 10.6. The minimum absolute atomic E-state index is 0.0438.